The van der Waals surface area contributed by atoms with Crippen LogP contribution in [0.2, 0.25) is 0 Å². The third kappa shape index (κ3) is 2.82. The maximum Gasteiger partial charge on any atom is 0.301 e. The number of hydrogen-bond donors (Lipinski definition) is 0. The lowest BCUT2D eigenvalue weighted by Crippen LogP contribution is -2.16. The fourth-order valence-electron chi connectivity index (χ4n) is 2.11. The van der Waals surface area contributed by atoms with Gasteiger partial charge in [0.25, 0.3) is 5.69 Å². The summed E-state index contributed by atoms with van der Waals surface area (Å²) in [5.74, 6) is 2.39. The molecule has 0 radical (unpaired) electrons. The molecule has 24 heavy (non-hydrogen) atoms. The smallest absolute Gasteiger partial charge is 0.301 e. The van der Waals surface area contributed by atoms with E-state index in [9.17, 15) is 14.9 Å². The zero-order valence-corrected chi connectivity index (χ0v) is 13.2. The molecule has 0 aliphatic rings. The SMILES string of the molecule is C#CCn1c(=NC(=O)c2cc(C)on2)sc2ccc([N+](=O)[O-])cc21. The van der Waals surface area contributed by atoms with E-state index in [0.29, 0.717) is 16.1 Å². The lowest BCUT2D eigenvalue weighted by Gasteiger charge is -1.99. The van der Waals surface area contributed by atoms with Crippen molar-refractivity contribution in [1.82, 2.24) is 9.72 Å². The highest BCUT2D eigenvalue weighted by Crippen LogP contribution is 2.23. The van der Waals surface area contributed by atoms with Gasteiger partial charge in [-0.2, -0.15) is 4.99 Å². The normalized spacial score (nSPS) is 11.6. The number of carbonyl (C=O) groups excluding carboxylic acids is 1. The molecule has 2 heterocycles. The average molecular weight is 342 g/mol. The van der Waals surface area contributed by atoms with E-state index in [1.54, 1.807) is 17.6 Å². The fraction of sp³-hybridized carbons (Fsp3) is 0.133. The number of amides is 1. The number of aromatic nitrogens is 2. The quantitative estimate of drug-likeness (QED) is 0.413. The summed E-state index contributed by atoms with van der Waals surface area (Å²) in [4.78, 5) is 27.0. The topological polar surface area (TPSA) is 104 Å². The summed E-state index contributed by atoms with van der Waals surface area (Å²) in [6, 6.07) is 5.89. The van der Waals surface area contributed by atoms with E-state index in [1.165, 1.54) is 29.5 Å². The van der Waals surface area contributed by atoms with Gasteiger partial charge in [0.1, 0.15) is 5.76 Å². The average Bonchev–Trinajstić information content (AvgIpc) is 3.12. The van der Waals surface area contributed by atoms with Crippen LogP contribution in [0.4, 0.5) is 5.69 Å². The van der Waals surface area contributed by atoms with Crippen LogP contribution in [-0.2, 0) is 6.54 Å². The van der Waals surface area contributed by atoms with Crippen LogP contribution in [0.1, 0.15) is 16.2 Å². The maximum absolute atomic E-state index is 12.2. The summed E-state index contributed by atoms with van der Waals surface area (Å²) in [7, 11) is 0. The second-order valence-electron chi connectivity index (χ2n) is 4.82. The minimum atomic E-state index is -0.571. The Kier molecular flexibility index (Phi) is 3.97. The third-order valence-corrected chi connectivity index (χ3v) is 4.23. The Morgan fingerprint density at radius 1 is 1.54 bits per heavy atom. The molecule has 3 aromatic rings. The van der Waals surface area contributed by atoms with Crippen LogP contribution < -0.4 is 4.80 Å². The van der Waals surface area contributed by atoms with E-state index < -0.39 is 10.8 Å². The zero-order valence-electron chi connectivity index (χ0n) is 12.4. The number of carbonyl (C=O) groups is 1. The summed E-state index contributed by atoms with van der Waals surface area (Å²) in [6.07, 6.45) is 5.37. The molecular weight excluding hydrogens is 332 g/mol. The van der Waals surface area contributed by atoms with Crippen molar-refractivity contribution in [3.8, 4) is 12.3 Å². The van der Waals surface area contributed by atoms with Crippen molar-refractivity contribution in [2.75, 3.05) is 0 Å². The number of nitro groups is 1. The van der Waals surface area contributed by atoms with Crippen LogP contribution in [0.5, 0.6) is 0 Å². The molecule has 0 bridgehead atoms. The van der Waals surface area contributed by atoms with E-state index in [1.807, 2.05) is 0 Å². The summed E-state index contributed by atoms with van der Waals surface area (Å²) < 4.78 is 7.18. The Morgan fingerprint density at radius 2 is 2.33 bits per heavy atom. The van der Waals surface area contributed by atoms with Gasteiger partial charge in [-0.05, 0) is 13.0 Å². The number of hydrogen-bond acceptors (Lipinski definition) is 6. The van der Waals surface area contributed by atoms with Crippen LogP contribution >= 0.6 is 11.3 Å². The Labute approximate surface area is 139 Å². The van der Waals surface area contributed by atoms with E-state index in [4.69, 9.17) is 10.9 Å². The summed E-state index contributed by atoms with van der Waals surface area (Å²) in [5, 5.41) is 14.6. The molecule has 120 valence electrons. The van der Waals surface area contributed by atoms with Crippen molar-refractivity contribution in [3.05, 3.63) is 50.6 Å². The number of terminal acetylenes is 1. The van der Waals surface area contributed by atoms with Crippen molar-refractivity contribution in [2.45, 2.75) is 13.5 Å². The maximum atomic E-state index is 12.2. The first-order chi connectivity index (χ1) is 11.5. The highest BCUT2D eigenvalue weighted by molar-refractivity contribution is 7.16. The number of fused-ring (bicyclic) bond motifs is 1. The number of rotatable bonds is 3. The van der Waals surface area contributed by atoms with Crippen LogP contribution in [0, 0.1) is 29.4 Å². The molecule has 1 aromatic carbocycles. The van der Waals surface area contributed by atoms with Crippen molar-refractivity contribution in [1.29, 1.82) is 0 Å². The summed E-state index contributed by atoms with van der Waals surface area (Å²) >= 11 is 1.21. The zero-order chi connectivity index (χ0) is 17.3. The molecule has 9 heteroatoms. The highest BCUT2D eigenvalue weighted by atomic mass is 32.1. The van der Waals surface area contributed by atoms with Gasteiger partial charge in [-0.1, -0.05) is 22.4 Å². The monoisotopic (exact) mass is 342 g/mol. The molecule has 1 amide bonds. The molecule has 0 N–H and O–H groups in total. The predicted molar refractivity (Wildman–Crippen MR) is 86.4 cm³/mol. The van der Waals surface area contributed by atoms with Crippen molar-refractivity contribution in [2.24, 2.45) is 4.99 Å². The van der Waals surface area contributed by atoms with Crippen LogP contribution in [0.15, 0.2) is 33.8 Å². The first-order valence-electron chi connectivity index (χ1n) is 6.73. The molecule has 0 unspecified atom stereocenters. The first kappa shape index (κ1) is 15.6. The molecular formula is C15H10N4O4S. The lowest BCUT2D eigenvalue weighted by atomic mass is 10.3. The van der Waals surface area contributed by atoms with Crippen LogP contribution in [0.3, 0.4) is 0 Å². The number of benzene rings is 1. The summed E-state index contributed by atoms with van der Waals surface area (Å²) in [5.41, 5.74) is 0.578. The van der Waals surface area contributed by atoms with E-state index >= 15 is 0 Å². The van der Waals surface area contributed by atoms with Gasteiger partial charge in [-0.15, -0.1) is 6.42 Å². The minimum absolute atomic E-state index is 0.0592. The van der Waals surface area contributed by atoms with Crippen molar-refractivity contribution < 1.29 is 14.2 Å². The molecule has 2 aromatic heterocycles. The van der Waals surface area contributed by atoms with Gasteiger partial charge >= 0.3 is 5.91 Å². The fourth-order valence-corrected chi connectivity index (χ4v) is 3.12. The Balaban J connectivity index is 2.18. The predicted octanol–water partition coefficient (Wildman–Crippen LogP) is 2.28. The Hall–Kier alpha value is -3.25. The van der Waals surface area contributed by atoms with Gasteiger partial charge in [-0.3, -0.25) is 14.9 Å². The number of nitrogens with zero attached hydrogens (tertiary/aromatic N) is 4. The Morgan fingerprint density at radius 3 is 2.96 bits per heavy atom. The van der Waals surface area contributed by atoms with Crippen LogP contribution in [0.25, 0.3) is 10.2 Å². The molecule has 0 aliphatic heterocycles. The summed E-state index contributed by atoms with van der Waals surface area (Å²) in [6.45, 7) is 1.80. The largest absolute Gasteiger partial charge is 0.361 e. The second-order valence-corrected chi connectivity index (χ2v) is 5.83. The van der Waals surface area contributed by atoms with E-state index in [2.05, 4.69) is 16.1 Å². The van der Waals surface area contributed by atoms with Gasteiger partial charge in [-0.25, -0.2) is 0 Å². The van der Waals surface area contributed by atoms with Gasteiger partial charge in [0.2, 0.25) is 0 Å². The van der Waals surface area contributed by atoms with Crippen molar-refractivity contribution in [3.63, 3.8) is 0 Å². The highest BCUT2D eigenvalue weighted by Gasteiger charge is 2.14. The van der Waals surface area contributed by atoms with Gasteiger partial charge < -0.3 is 9.09 Å². The standard InChI is InChI=1S/C15H10N4O4S/c1-3-6-18-12-8-10(19(21)22)4-5-13(12)24-15(18)16-14(20)11-7-9(2)23-17-11/h1,4-5,7-8H,6H2,2H3. The molecule has 0 saturated carbocycles. The third-order valence-electron chi connectivity index (χ3n) is 3.17. The van der Waals surface area contributed by atoms with Gasteiger partial charge in [0, 0.05) is 18.2 Å². The number of nitro benzene ring substituents is 1. The second kappa shape index (κ2) is 6.10. The van der Waals surface area contributed by atoms with Gasteiger partial charge in [0.05, 0.1) is 21.7 Å². The van der Waals surface area contributed by atoms with E-state index in [-0.39, 0.29) is 17.9 Å². The Bertz CT molecular complexity index is 1070. The van der Waals surface area contributed by atoms with E-state index in [0.717, 1.165) is 4.70 Å². The van der Waals surface area contributed by atoms with Crippen molar-refractivity contribution >= 4 is 33.1 Å². The van der Waals surface area contributed by atoms with Gasteiger partial charge in [0.15, 0.2) is 10.5 Å². The van der Waals surface area contributed by atoms with Crippen LogP contribution in [-0.4, -0.2) is 20.6 Å². The first-order valence-corrected chi connectivity index (χ1v) is 7.55. The molecule has 0 atom stereocenters. The molecule has 3 rings (SSSR count). The molecule has 0 fully saturated rings. The number of thiazole rings is 1. The minimum Gasteiger partial charge on any atom is -0.361 e. The molecule has 0 aliphatic carbocycles. The number of non-ortho nitro benzene ring substituents is 1. The molecule has 0 spiro atoms. The molecule has 8 nitrogen and oxygen atoms in total. The number of aryl methyl sites for hydroxylation is 1. The molecule has 0 saturated heterocycles. The lowest BCUT2D eigenvalue weighted by molar-refractivity contribution is -0.384.